The van der Waals surface area contributed by atoms with E-state index in [0.29, 0.717) is 7.25 Å². The Morgan fingerprint density at radius 2 is 1.06 bits per heavy atom. The van der Waals surface area contributed by atoms with Crippen LogP contribution in [0.4, 0.5) is 0 Å². The Morgan fingerprint density at radius 3 is 1.44 bits per heavy atom. The van der Waals surface area contributed by atoms with E-state index in [9.17, 15) is 0 Å². The van der Waals surface area contributed by atoms with Gasteiger partial charge in [-0.25, -0.2) is 0 Å². The monoisotopic (exact) mass is 612 g/mol. The van der Waals surface area contributed by atoms with E-state index < -0.39 is 25.8 Å². The van der Waals surface area contributed by atoms with Crippen LogP contribution >= 0.6 is 22.7 Å². The molecule has 0 amide bonds. The largest absolute Gasteiger partial charge is 1.00 e. The molecule has 0 aliphatic heterocycles. The number of thiophene rings is 2. The Bertz CT molecular complexity index is 1300. The van der Waals surface area contributed by atoms with E-state index >= 15 is 0 Å². The molecule has 6 heteroatoms. The van der Waals surface area contributed by atoms with Gasteiger partial charge in [0.25, 0.3) is 0 Å². The molecule has 2 aromatic carbocycles. The van der Waals surface area contributed by atoms with Crippen molar-refractivity contribution < 1.29 is 45.2 Å². The Labute approximate surface area is 230 Å². The molecule has 0 radical (unpaired) electrons. The molecule has 2 aliphatic rings. The van der Waals surface area contributed by atoms with Gasteiger partial charge in [0.05, 0.1) is 0 Å². The topological polar surface area (TPSA) is 0 Å². The van der Waals surface area contributed by atoms with Crippen molar-refractivity contribution in [3.63, 3.8) is 0 Å². The first kappa shape index (κ1) is 26.1. The Hall–Kier alpha value is -1.00. The first-order chi connectivity index (χ1) is 15.7. The predicted octanol–water partition coefficient (Wildman–Crippen LogP) is 2.58. The van der Waals surface area contributed by atoms with Gasteiger partial charge in [-0.05, 0) is 0 Å². The Kier molecular flexibility index (Phi) is 8.40. The fraction of sp³-hybridized carbons (Fsp3) is 0.143. The van der Waals surface area contributed by atoms with Crippen LogP contribution in [0.1, 0.15) is 39.3 Å². The van der Waals surface area contributed by atoms with Crippen molar-refractivity contribution in [2.45, 2.75) is 20.3 Å². The van der Waals surface area contributed by atoms with Crippen LogP contribution in [0.25, 0.3) is 23.3 Å². The molecular weight excluding hydrogens is 591 g/mol. The van der Waals surface area contributed by atoms with Crippen molar-refractivity contribution in [3.8, 4) is 0 Å². The number of halogens is 2. The van der Waals surface area contributed by atoms with Crippen LogP contribution in [0.2, 0.25) is 13.1 Å². The van der Waals surface area contributed by atoms with Crippen LogP contribution in [-0.4, -0.2) is 5.43 Å². The summed E-state index contributed by atoms with van der Waals surface area (Å²) in [6.07, 6.45) is 5.04. The molecule has 0 fully saturated rings. The van der Waals surface area contributed by atoms with E-state index in [0.717, 1.165) is 0 Å². The van der Waals surface area contributed by atoms with Crippen LogP contribution in [0.5, 0.6) is 0 Å². The standard InChI is InChI=1S/2C13H9S.C2H6Si.2ClH.Zr/c2*1-2-5-11-9-12(8-10(11)4-1)13-6-3-7-14-13;1-3-2;;;/h2*1-9H;1-2H3;2*1H;/q;;;;;+2/p-2. The van der Waals surface area contributed by atoms with Gasteiger partial charge in [0.15, 0.2) is 0 Å². The number of benzene rings is 2. The molecule has 6 rings (SSSR count). The average molecular weight is 615 g/mol. The second-order valence-corrected chi connectivity index (χ2v) is 28.5. The summed E-state index contributed by atoms with van der Waals surface area (Å²) in [6, 6.07) is 27.6. The third kappa shape index (κ3) is 4.47. The molecule has 0 saturated carbocycles. The molecule has 2 aromatic heterocycles. The van der Waals surface area contributed by atoms with Crippen LogP contribution in [0.15, 0.2) is 83.6 Å². The molecule has 2 unspecified atom stereocenters. The molecule has 4 aromatic rings. The molecule has 2 heterocycles. The summed E-state index contributed by atoms with van der Waals surface area (Å²) in [6.45, 7) is 5.22. The zero-order valence-electron chi connectivity index (χ0n) is 19.0. The van der Waals surface area contributed by atoms with E-state index in [-0.39, 0.29) is 24.8 Å². The first-order valence-corrected chi connectivity index (χ1v) is 21.9. The number of hydrogen-bond acceptors (Lipinski definition) is 2. The zero-order valence-corrected chi connectivity index (χ0v) is 25.6. The van der Waals surface area contributed by atoms with E-state index in [1.54, 1.807) is 22.3 Å². The molecule has 2 atom stereocenters. The van der Waals surface area contributed by atoms with E-state index in [1.165, 1.54) is 20.9 Å². The van der Waals surface area contributed by atoms with Crippen LogP contribution in [-0.2, 0) is 20.4 Å². The fourth-order valence-corrected chi connectivity index (χ4v) is 27.4. The molecule has 0 nitrogen and oxygen atoms in total. The summed E-state index contributed by atoms with van der Waals surface area (Å²) >= 11 is 1.73. The number of hydrogen-bond donors (Lipinski definition) is 0. The minimum Gasteiger partial charge on any atom is -1.00 e. The normalized spacial score (nSPS) is 17.3. The van der Waals surface area contributed by atoms with E-state index in [2.05, 4.69) is 109 Å². The number of rotatable bonds is 4. The van der Waals surface area contributed by atoms with Crippen LogP contribution in [0, 0.1) is 0 Å². The average Bonchev–Trinajstić information content (AvgIpc) is 3.59. The minimum absolute atomic E-state index is 0. The third-order valence-corrected chi connectivity index (χ3v) is 27.7. The van der Waals surface area contributed by atoms with Gasteiger partial charge in [-0.1, -0.05) is 0 Å². The minimum atomic E-state index is -2.10. The summed E-state index contributed by atoms with van der Waals surface area (Å²) in [5, 5.41) is 4.48. The second kappa shape index (κ2) is 10.9. The van der Waals surface area contributed by atoms with Crippen molar-refractivity contribution in [3.05, 3.63) is 116 Å². The maximum absolute atomic E-state index is 2.61. The van der Waals surface area contributed by atoms with E-state index in [4.69, 9.17) is 0 Å². The molecule has 2 aliphatic carbocycles. The summed E-state index contributed by atoms with van der Waals surface area (Å²) in [5.74, 6) is 0. The molecule has 0 bridgehead atoms. The molecule has 34 heavy (non-hydrogen) atoms. The maximum Gasteiger partial charge on any atom is -1.00 e. The van der Waals surface area contributed by atoms with Gasteiger partial charge < -0.3 is 24.8 Å². The van der Waals surface area contributed by atoms with Crippen molar-refractivity contribution >= 4 is 51.4 Å². The molecule has 0 saturated heterocycles. The quantitative estimate of drug-likeness (QED) is 0.310. The smallest absolute Gasteiger partial charge is 1.00 e. The fourth-order valence-electron chi connectivity index (χ4n) is 5.37. The summed E-state index contributed by atoms with van der Waals surface area (Å²) in [7, 11) is 0. The van der Waals surface area contributed by atoms with Crippen molar-refractivity contribution in [1.82, 2.24) is 0 Å². The van der Waals surface area contributed by atoms with Gasteiger partial charge in [-0.3, -0.25) is 0 Å². The van der Waals surface area contributed by atoms with Crippen LogP contribution in [0.3, 0.4) is 0 Å². The second-order valence-electron chi connectivity index (χ2n) is 8.73. The summed E-state index contributed by atoms with van der Waals surface area (Å²) in [4.78, 5) is 2.95. The Morgan fingerprint density at radius 1 is 0.618 bits per heavy atom. The SMILES string of the molecule is C[Si](C)=[Zr+2]([CH]1C(c2cccs2)=Cc2ccccc21)[CH]1C(c2cccs2)=Cc2ccccc21.[Cl-].[Cl-]. The van der Waals surface area contributed by atoms with Crippen molar-refractivity contribution in [1.29, 1.82) is 0 Å². The molecular formula is C28H24Cl2S2SiZr. The van der Waals surface area contributed by atoms with Gasteiger partial charge in [-0.2, -0.15) is 0 Å². The number of allylic oxidation sites excluding steroid dienone is 2. The molecule has 170 valence electrons. The van der Waals surface area contributed by atoms with Gasteiger partial charge in [0.2, 0.25) is 0 Å². The summed E-state index contributed by atoms with van der Waals surface area (Å²) < 4.78 is 1.27. The van der Waals surface area contributed by atoms with Gasteiger partial charge in [-0.15, -0.1) is 0 Å². The van der Waals surface area contributed by atoms with Crippen LogP contribution < -0.4 is 24.8 Å². The number of fused-ring (bicyclic) bond motifs is 2. The third-order valence-electron chi connectivity index (χ3n) is 6.67. The summed E-state index contributed by atoms with van der Waals surface area (Å²) in [5.41, 5.74) is 8.89. The van der Waals surface area contributed by atoms with Gasteiger partial charge >= 0.3 is 208 Å². The van der Waals surface area contributed by atoms with Gasteiger partial charge in [0, 0.05) is 0 Å². The zero-order chi connectivity index (χ0) is 21.7. The van der Waals surface area contributed by atoms with Gasteiger partial charge in [0.1, 0.15) is 0 Å². The maximum atomic E-state index is 2.61. The van der Waals surface area contributed by atoms with E-state index in [1.807, 2.05) is 22.7 Å². The molecule has 0 N–H and O–H groups in total. The Balaban J connectivity index is 0.00000137. The molecule has 0 spiro atoms. The van der Waals surface area contributed by atoms with Crippen molar-refractivity contribution in [2.75, 3.05) is 0 Å². The predicted molar refractivity (Wildman–Crippen MR) is 140 cm³/mol. The van der Waals surface area contributed by atoms with Crippen molar-refractivity contribution in [2.24, 2.45) is 0 Å². The first-order valence-electron chi connectivity index (χ1n) is 11.1.